The van der Waals surface area contributed by atoms with Crippen LogP contribution in [0.3, 0.4) is 0 Å². The number of ether oxygens (including phenoxy) is 2. The van der Waals surface area contributed by atoms with Crippen molar-refractivity contribution in [3.63, 3.8) is 0 Å². The van der Waals surface area contributed by atoms with E-state index in [9.17, 15) is 4.79 Å². The Morgan fingerprint density at radius 1 is 1.24 bits per heavy atom. The van der Waals surface area contributed by atoms with Crippen LogP contribution in [-0.4, -0.2) is 64.8 Å². The molecule has 34 heavy (non-hydrogen) atoms. The maximum absolute atomic E-state index is 12.4. The van der Waals surface area contributed by atoms with Crippen molar-refractivity contribution >= 4 is 11.8 Å². The second kappa shape index (κ2) is 11.7. The number of anilines is 1. The second-order valence-electron chi connectivity index (χ2n) is 9.75. The molecule has 4 heterocycles. The van der Waals surface area contributed by atoms with E-state index in [0.29, 0.717) is 25.6 Å². The van der Waals surface area contributed by atoms with E-state index in [1.165, 1.54) is 12.0 Å². The summed E-state index contributed by atoms with van der Waals surface area (Å²) in [5.41, 5.74) is 3.38. The number of rotatable bonds is 11. The predicted octanol–water partition coefficient (Wildman–Crippen LogP) is 3.50. The van der Waals surface area contributed by atoms with Crippen molar-refractivity contribution in [2.24, 2.45) is 5.92 Å². The van der Waals surface area contributed by atoms with Crippen LogP contribution in [0.15, 0.2) is 24.5 Å². The third kappa shape index (κ3) is 6.73. The Hall–Kier alpha value is -2.58. The zero-order valence-electron chi connectivity index (χ0n) is 20.6. The standard InChI is InChI=1S/C26H37N5O3/c1-18(2)17-34-25(32)12-24(21-13-28-19(3)29-14-21)31-15-23(16-31)33-11-5-7-22-9-8-20-6-4-10-27-26(20)30-22/h8-9,13-14,18,23-24H,4-7,10-12,15-17H2,1-3H3,(H,27,30). The van der Waals surface area contributed by atoms with Gasteiger partial charge in [0, 0.05) is 55.9 Å². The third-order valence-corrected chi connectivity index (χ3v) is 6.32. The summed E-state index contributed by atoms with van der Waals surface area (Å²) in [5, 5.41) is 3.40. The number of nitrogens with zero attached hydrogens (tertiary/aromatic N) is 4. The minimum atomic E-state index is -0.185. The first-order valence-electron chi connectivity index (χ1n) is 12.5. The quantitative estimate of drug-likeness (QED) is 0.397. The fourth-order valence-electron chi connectivity index (χ4n) is 4.35. The van der Waals surface area contributed by atoms with Gasteiger partial charge < -0.3 is 14.8 Å². The van der Waals surface area contributed by atoms with Crippen molar-refractivity contribution in [2.45, 2.75) is 65.0 Å². The van der Waals surface area contributed by atoms with Crippen molar-refractivity contribution in [3.05, 3.63) is 47.2 Å². The highest BCUT2D eigenvalue weighted by Gasteiger charge is 2.35. The molecule has 4 rings (SSSR count). The van der Waals surface area contributed by atoms with Crippen LogP contribution >= 0.6 is 0 Å². The zero-order valence-corrected chi connectivity index (χ0v) is 20.6. The van der Waals surface area contributed by atoms with Crippen LogP contribution in [-0.2, 0) is 27.1 Å². The van der Waals surface area contributed by atoms with Gasteiger partial charge in [0.15, 0.2) is 0 Å². The molecule has 2 aliphatic heterocycles. The van der Waals surface area contributed by atoms with Gasteiger partial charge in [-0.05, 0) is 50.2 Å². The van der Waals surface area contributed by atoms with E-state index in [1.807, 2.05) is 33.2 Å². The number of hydrogen-bond donors (Lipinski definition) is 1. The van der Waals surface area contributed by atoms with Crippen LogP contribution in [0.5, 0.6) is 0 Å². The maximum atomic E-state index is 12.4. The highest BCUT2D eigenvalue weighted by Crippen LogP contribution is 2.30. The van der Waals surface area contributed by atoms with Gasteiger partial charge in [-0.1, -0.05) is 19.9 Å². The Balaban J connectivity index is 1.23. The number of aromatic nitrogens is 3. The molecule has 0 spiro atoms. The lowest BCUT2D eigenvalue weighted by Gasteiger charge is -2.43. The molecule has 2 aliphatic rings. The van der Waals surface area contributed by atoms with Crippen LogP contribution in [0.2, 0.25) is 0 Å². The van der Waals surface area contributed by atoms with E-state index in [2.05, 4.69) is 32.3 Å². The van der Waals surface area contributed by atoms with Crippen molar-refractivity contribution in [3.8, 4) is 0 Å². The lowest BCUT2D eigenvalue weighted by Crippen LogP contribution is -2.54. The molecule has 2 aromatic rings. The molecular weight excluding hydrogens is 430 g/mol. The minimum Gasteiger partial charge on any atom is -0.465 e. The molecule has 1 atom stereocenters. The molecule has 0 bridgehead atoms. The number of nitrogens with one attached hydrogen (secondary N) is 1. The molecule has 1 saturated heterocycles. The summed E-state index contributed by atoms with van der Waals surface area (Å²) in [4.78, 5) is 28.1. The number of likely N-dealkylation sites (tertiary alicyclic amines) is 1. The van der Waals surface area contributed by atoms with Gasteiger partial charge in [-0.2, -0.15) is 0 Å². The fraction of sp³-hybridized carbons (Fsp3) is 0.615. The van der Waals surface area contributed by atoms with E-state index < -0.39 is 0 Å². The van der Waals surface area contributed by atoms with E-state index in [-0.39, 0.29) is 18.1 Å². The molecule has 8 nitrogen and oxygen atoms in total. The van der Waals surface area contributed by atoms with E-state index in [0.717, 1.165) is 61.8 Å². The third-order valence-electron chi connectivity index (χ3n) is 6.32. The number of carbonyl (C=O) groups is 1. The maximum Gasteiger partial charge on any atom is 0.307 e. The van der Waals surface area contributed by atoms with Gasteiger partial charge in [-0.25, -0.2) is 15.0 Å². The Morgan fingerprint density at radius 3 is 2.79 bits per heavy atom. The van der Waals surface area contributed by atoms with Gasteiger partial charge in [0.05, 0.1) is 19.1 Å². The number of fused-ring (bicyclic) bond motifs is 1. The van der Waals surface area contributed by atoms with Crippen LogP contribution in [0.1, 0.15) is 61.8 Å². The molecule has 1 N–H and O–H groups in total. The lowest BCUT2D eigenvalue weighted by atomic mass is 9.99. The normalized spacial score (nSPS) is 17.1. The monoisotopic (exact) mass is 467 g/mol. The first-order valence-corrected chi connectivity index (χ1v) is 12.5. The van der Waals surface area contributed by atoms with Crippen LogP contribution in [0.25, 0.3) is 0 Å². The molecule has 2 aromatic heterocycles. The molecule has 1 unspecified atom stereocenters. The average Bonchev–Trinajstić information content (AvgIpc) is 2.81. The van der Waals surface area contributed by atoms with Gasteiger partial charge in [-0.15, -0.1) is 0 Å². The van der Waals surface area contributed by atoms with Crippen LogP contribution in [0, 0.1) is 12.8 Å². The number of aryl methyl sites for hydroxylation is 3. The van der Waals surface area contributed by atoms with E-state index in [1.54, 1.807) is 0 Å². The van der Waals surface area contributed by atoms with Gasteiger partial charge >= 0.3 is 5.97 Å². The van der Waals surface area contributed by atoms with Crippen LogP contribution in [0.4, 0.5) is 5.82 Å². The predicted molar refractivity (Wildman–Crippen MR) is 131 cm³/mol. The molecule has 0 amide bonds. The van der Waals surface area contributed by atoms with Crippen molar-refractivity contribution in [1.29, 1.82) is 0 Å². The molecule has 0 aliphatic carbocycles. The topological polar surface area (TPSA) is 89.5 Å². The van der Waals surface area contributed by atoms with Crippen molar-refractivity contribution in [1.82, 2.24) is 19.9 Å². The minimum absolute atomic E-state index is 0.0905. The zero-order chi connectivity index (χ0) is 23.9. The van der Waals surface area contributed by atoms with Gasteiger partial charge in [-0.3, -0.25) is 9.69 Å². The highest BCUT2D eigenvalue weighted by molar-refractivity contribution is 5.70. The molecule has 0 radical (unpaired) electrons. The Kier molecular flexibility index (Phi) is 8.45. The molecular formula is C26H37N5O3. The SMILES string of the molecule is Cc1ncc(C(CC(=O)OCC(C)C)N2CC(OCCCc3ccc4c(n3)NCCC4)C2)cn1. The van der Waals surface area contributed by atoms with Crippen LogP contribution < -0.4 is 5.32 Å². The summed E-state index contributed by atoms with van der Waals surface area (Å²) >= 11 is 0. The largest absolute Gasteiger partial charge is 0.465 e. The number of hydrogen-bond acceptors (Lipinski definition) is 8. The Morgan fingerprint density at radius 2 is 2.03 bits per heavy atom. The highest BCUT2D eigenvalue weighted by atomic mass is 16.5. The average molecular weight is 468 g/mol. The summed E-state index contributed by atoms with van der Waals surface area (Å²) < 4.78 is 11.5. The summed E-state index contributed by atoms with van der Waals surface area (Å²) in [7, 11) is 0. The number of carbonyl (C=O) groups excluding carboxylic acids is 1. The molecule has 1 fully saturated rings. The molecule has 184 valence electrons. The van der Waals surface area contributed by atoms with E-state index >= 15 is 0 Å². The first kappa shape index (κ1) is 24.5. The smallest absolute Gasteiger partial charge is 0.307 e. The summed E-state index contributed by atoms with van der Waals surface area (Å²) in [5.74, 6) is 1.91. The second-order valence-corrected chi connectivity index (χ2v) is 9.75. The Bertz CT molecular complexity index is 944. The molecule has 8 heteroatoms. The summed E-state index contributed by atoms with van der Waals surface area (Å²) in [6.07, 6.45) is 8.26. The number of esters is 1. The lowest BCUT2D eigenvalue weighted by molar-refractivity contribution is -0.148. The van der Waals surface area contributed by atoms with Crippen molar-refractivity contribution < 1.29 is 14.3 Å². The van der Waals surface area contributed by atoms with Crippen molar-refractivity contribution in [2.75, 3.05) is 38.2 Å². The molecule has 0 aromatic carbocycles. The summed E-state index contributed by atoms with van der Waals surface area (Å²) in [6, 6.07) is 4.26. The fourth-order valence-corrected chi connectivity index (χ4v) is 4.35. The van der Waals surface area contributed by atoms with E-state index in [4.69, 9.17) is 14.5 Å². The number of pyridine rings is 1. The van der Waals surface area contributed by atoms with Gasteiger partial charge in [0.1, 0.15) is 11.6 Å². The summed E-state index contributed by atoms with van der Waals surface area (Å²) in [6.45, 7) is 9.67. The van der Waals surface area contributed by atoms with Gasteiger partial charge in [0.2, 0.25) is 0 Å². The first-order chi connectivity index (χ1) is 16.5. The molecule has 0 saturated carbocycles. The van der Waals surface area contributed by atoms with Gasteiger partial charge in [0.25, 0.3) is 0 Å². The Labute approximate surface area is 202 Å².